The molecule has 0 aliphatic carbocycles. The molecule has 0 spiro atoms. The van der Waals surface area contributed by atoms with Gasteiger partial charge in [0.05, 0.1) is 0 Å². The van der Waals surface area contributed by atoms with E-state index in [1.54, 1.807) is 7.11 Å². The number of aromatic nitrogens is 3. The minimum absolute atomic E-state index is 0.351. The molecule has 0 fully saturated rings. The van der Waals surface area contributed by atoms with Gasteiger partial charge < -0.3 is 10.6 Å². The van der Waals surface area contributed by atoms with Crippen molar-refractivity contribution in [2.45, 2.75) is 11.8 Å². The molecule has 0 saturated carbocycles. The van der Waals surface area contributed by atoms with Gasteiger partial charge in [-0.05, 0) is 0 Å². The van der Waals surface area contributed by atoms with Gasteiger partial charge in [0.2, 0.25) is 5.16 Å². The number of nitrogens with zero attached hydrogens (tertiary/aromatic N) is 3. The van der Waals surface area contributed by atoms with Gasteiger partial charge >= 0.3 is 0 Å². The fraction of sp³-hybridized carbons (Fsp3) is 0.500. The highest BCUT2D eigenvalue weighted by Gasteiger charge is 2.03. The highest BCUT2D eigenvalue weighted by atomic mass is 32.1. The molecule has 0 bridgehead atoms. The van der Waals surface area contributed by atoms with Crippen molar-refractivity contribution >= 4 is 12.6 Å². The molecule has 1 aromatic rings. The summed E-state index contributed by atoms with van der Waals surface area (Å²) in [7, 11) is 1.56. The Morgan fingerprint density at radius 2 is 2.40 bits per heavy atom. The second-order valence-electron chi connectivity index (χ2n) is 1.72. The molecule has 0 radical (unpaired) electrons. The second kappa shape index (κ2) is 2.89. The Kier molecular flexibility index (Phi) is 2.13. The van der Waals surface area contributed by atoms with E-state index < -0.39 is 0 Å². The molecule has 0 unspecified atom stereocenters. The van der Waals surface area contributed by atoms with Gasteiger partial charge in [0.25, 0.3) is 0 Å². The third-order valence-electron chi connectivity index (χ3n) is 1.02. The predicted molar refractivity (Wildman–Crippen MR) is 38.1 cm³/mol. The Balaban J connectivity index is 2.83. The van der Waals surface area contributed by atoms with Crippen LogP contribution >= 0.6 is 12.6 Å². The van der Waals surface area contributed by atoms with E-state index in [-0.39, 0.29) is 0 Å². The summed E-state index contributed by atoms with van der Waals surface area (Å²) in [6.45, 7) is 0.351. The smallest absolute Gasteiger partial charge is 0.206 e. The van der Waals surface area contributed by atoms with Crippen LogP contribution < -0.4 is 5.84 Å². The van der Waals surface area contributed by atoms with E-state index in [4.69, 9.17) is 10.6 Å². The van der Waals surface area contributed by atoms with Crippen molar-refractivity contribution in [3.63, 3.8) is 0 Å². The van der Waals surface area contributed by atoms with Crippen molar-refractivity contribution < 1.29 is 4.74 Å². The molecule has 5 nitrogen and oxygen atoms in total. The molecule has 1 rings (SSSR count). The normalized spacial score (nSPS) is 10.2. The van der Waals surface area contributed by atoms with E-state index >= 15 is 0 Å². The Morgan fingerprint density at radius 1 is 1.70 bits per heavy atom. The van der Waals surface area contributed by atoms with Gasteiger partial charge in [-0.3, -0.25) is 0 Å². The first kappa shape index (κ1) is 7.36. The average molecular weight is 160 g/mol. The highest BCUT2D eigenvalue weighted by molar-refractivity contribution is 7.80. The van der Waals surface area contributed by atoms with Crippen molar-refractivity contribution in [3.05, 3.63) is 5.82 Å². The molecule has 56 valence electrons. The first-order chi connectivity index (χ1) is 4.75. The summed E-state index contributed by atoms with van der Waals surface area (Å²) in [5.74, 6) is 5.99. The van der Waals surface area contributed by atoms with Gasteiger partial charge in [-0.15, -0.1) is 22.8 Å². The fourth-order valence-corrected chi connectivity index (χ4v) is 0.702. The minimum atomic E-state index is 0.351. The van der Waals surface area contributed by atoms with Gasteiger partial charge in [-0.1, -0.05) is 0 Å². The van der Waals surface area contributed by atoms with Crippen LogP contribution in [0.3, 0.4) is 0 Å². The summed E-state index contributed by atoms with van der Waals surface area (Å²) in [5, 5.41) is 7.68. The third kappa shape index (κ3) is 1.22. The molecular formula is C4H8N4OS. The topological polar surface area (TPSA) is 66.0 Å². The molecule has 0 aromatic carbocycles. The van der Waals surface area contributed by atoms with Crippen molar-refractivity contribution in [2.75, 3.05) is 13.0 Å². The zero-order valence-corrected chi connectivity index (χ0v) is 6.38. The number of ether oxygens (including phenoxy) is 1. The summed E-state index contributed by atoms with van der Waals surface area (Å²) in [6.07, 6.45) is 0. The largest absolute Gasteiger partial charge is 0.377 e. The van der Waals surface area contributed by atoms with Crippen LogP contribution in [-0.4, -0.2) is 22.0 Å². The van der Waals surface area contributed by atoms with E-state index in [9.17, 15) is 0 Å². The van der Waals surface area contributed by atoms with Gasteiger partial charge in [0.15, 0.2) is 5.82 Å². The van der Waals surface area contributed by atoms with Crippen LogP contribution in [-0.2, 0) is 11.3 Å². The van der Waals surface area contributed by atoms with Crippen LogP contribution in [0.25, 0.3) is 0 Å². The number of nitrogens with two attached hydrogens (primary N) is 1. The molecular weight excluding hydrogens is 152 g/mol. The monoisotopic (exact) mass is 160 g/mol. The maximum atomic E-state index is 5.42. The Hall–Kier alpha value is -0.750. The first-order valence-corrected chi connectivity index (χ1v) is 3.07. The molecule has 1 aromatic heterocycles. The van der Waals surface area contributed by atoms with Gasteiger partial charge in [-0.25, -0.2) is 4.68 Å². The number of thiol groups is 1. The number of methoxy groups -OCH3 is 1. The zero-order chi connectivity index (χ0) is 7.56. The quantitative estimate of drug-likeness (QED) is 0.449. The maximum absolute atomic E-state index is 5.42. The van der Waals surface area contributed by atoms with Crippen LogP contribution in [0.5, 0.6) is 0 Å². The fourth-order valence-electron chi connectivity index (χ4n) is 0.542. The number of rotatable bonds is 2. The molecule has 6 heteroatoms. The lowest BCUT2D eigenvalue weighted by Crippen LogP contribution is -2.13. The van der Waals surface area contributed by atoms with E-state index in [1.165, 1.54) is 4.68 Å². The third-order valence-corrected chi connectivity index (χ3v) is 1.33. The lowest BCUT2D eigenvalue weighted by molar-refractivity contribution is 0.175. The second-order valence-corrected chi connectivity index (χ2v) is 2.12. The van der Waals surface area contributed by atoms with E-state index in [2.05, 4.69) is 22.8 Å². The molecule has 2 N–H and O–H groups in total. The number of hydrogen-bond donors (Lipinski definition) is 2. The van der Waals surface area contributed by atoms with Crippen molar-refractivity contribution in [2.24, 2.45) is 0 Å². The van der Waals surface area contributed by atoms with Gasteiger partial charge in [0.1, 0.15) is 6.61 Å². The summed E-state index contributed by atoms with van der Waals surface area (Å²) in [5.41, 5.74) is 0. The van der Waals surface area contributed by atoms with Crippen LogP contribution in [0.15, 0.2) is 5.16 Å². The molecule has 0 atom stereocenters. The Morgan fingerprint density at radius 3 is 2.80 bits per heavy atom. The molecule has 1 heterocycles. The van der Waals surface area contributed by atoms with Crippen molar-refractivity contribution in [3.8, 4) is 0 Å². The number of nitrogen functional groups attached to an aromatic ring is 1. The summed E-state index contributed by atoms with van der Waals surface area (Å²) >= 11 is 3.92. The zero-order valence-electron chi connectivity index (χ0n) is 5.48. The highest BCUT2D eigenvalue weighted by Crippen LogP contribution is 2.00. The molecule has 10 heavy (non-hydrogen) atoms. The van der Waals surface area contributed by atoms with Gasteiger partial charge in [0, 0.05) is 7.11 Å². The molecule has 0 amide bonds. The van der Waals surface area contributed by atoms with Crippen LogP contribution in [0, 0.1) is 0 Å². The van der Waals surface area contributed by atoms with Gasteiger partial charge in [-0.2, -0.15) is 0 Å². The van der Waals surface area contributed by atoms with Crippen LogP contribution in [0.4, 0.5) is 0 Å². The van der Waals surface area contributed by atoms with E-state index in [1.807, 2.05) is 0 Å². The average Bonchev–Trinajstić information content (AvgIpc) is 2.20. The Labute approximate surface area is 63.6 Å². The van der Waals surface area contributed by atoms with E-state index in [0.29, 0.717) is 17.6 Å². The summed E-state index contributed by atoms with van der Waals surface area (Å²) < 4.78 is 6.06. The summed E-state index contributed by atoms with van der Waals surface area (Å²) in [4.78, 5) is 0. The standard InChI is InChI=1S/C4H8N4OS/c1-9-2-3-6-7-4(10)8(3)5/h2,5H2,1H3,(H,7,10). The Bertz CT molecular complexity index is 223. The predicted octanol–water partition coefficient (Wildman–Crippen LogP) is -0.573. The maximum Gasteiger partial charge on any atom is 0.206 e. The summed E-state index contributed by atoms with van der Waals surface area (Å²) in [6, 6.07) is 0. The van der Waals surface area contributed by atoms with Crippen LogP contribution in [0.2, 0.25) is 0 Å². The minimum Gasteiger partial charge on any atom is -0.377 e. The van der Waals surface area contributed by atoms with Crippen molar-refractivity contribution in [1.82, 2.24) is 14.9 Å². The lowest BCUT2D eigenvalue weighted by atomic mass is 10.7. The lowest BCUT2D eigenvalue weighted by Gasteiger charge is -1.97. The number of hydrogen-bond acceptors (Lipinski definition) is 5. The molecule has 0 aliphatic rings. The SMILES string of the molecule is COCc1nnc(S)n1N. The van der Waals surface area contributed by atoms with Crippen molar-refractivity contribution in [1.29, 1.82) is 0 Å². The molecule has 0 aliphatic heterocycles. The van der Waals surface area contributed by atoms with Crippen LogP contribution in [0.1, 0.15) is 5.82 Å². The molecule has 0 saturated heterocycles. The van der Waals surface area contributed by atoms with E-state index in [0.717, 1.165) is 0 Å². The first-order valence-electron chi connectivity index (χ1n) is 2.63.